The molecule has 2 aromatic rings. The molecular formula is C21H28ClN3O4S. The highest BCUT2D eigenvalue weighted by molar-refractivity contribution is 7.89. The van der Waals surface area contributed by atoms with Gasteiger partial charge in [0.05, 0.1) is 24.7 Å². The van der Waals surface area contributed by atoms with Crippen LogP contribution in [-0.2, 0) is 14.8 Å². The van der Waals surface area contributed by atoms with E-state index in [0.29, 0.717) is 24.5 Å². The van der Waals surface area contributed by atoms with Gasteiger partial charge in [0.15, 0.2) is 0 Å². The number of carbonyl (C=O) groups excluding carboxylic acids is 1. The fraction of sp³-hybridized carbons (Fsp3) is 0.381. The molecule has 0 aliphatic rings. The molecule has 0 spiro atoms. The average Bonchev–Trinajstić information content (AvgIpc) is 2.73. The third kappa shape index (κ3) is 5.65. The van der Waals surface area contributed by atoms with Crippen LogP contribution in [0, 0.1) is 0 Å². The number of sulfonamides is 1. The number of ether oxygens (including phenoxy) is 1. The van der Waals surface area contributed by atoms with Crippen LogP contribution in [0.2, 0.25) is 5.02 Å². The lowest BCUT2D eigenvalue weighted by Gasteiger charge is -2.20. The number of rotatable bonds is 10. The van der Waals surface area contributed by atoms with Gasteiger partial charge in [-0.25, -0.2) is 8.42 Å². The molecule has 0 saturated carbocycles. The summed E-state index contributed by atoms with van der Waals surface area (Å²) in [5, 5.41) is 6.00. The van der Waals surface area contributed by atoms with E-state index in [1.165, 1.54) is 16.4 Å². The zero-order valence-corrected chi connectivity index (χ0v) is 19.2. The Labute approximate surface area is 183 Å². The van der Waals surface area contributed by atoms with Gasteiger partial charge in [0, 0.05) is 24.3 Å². The molecule has 1 atom stereocenters. The zero-order valence-electron chi connectivity index (χ0n) is 17.6. The van der Waals surface area contributed by atoms with Crippen molar-refractivity contribution in [3.8, 4) is 5.75 Å². The molecular weight excluding hydrogens is 426 g/mol. The first-order valence-corrected chi connectivity index (χ1v) is 11.5. The van der Waals surface area contributed by atoms with Crippen molar-refractivity contribution in [1.82, 2.24) is 9.62 Å². The molecule has 0 fully saturated rings. The maximum absolute atomic E-state index is 12.8. The van der Waals surface area contributed by atoms with Crippen molar-refractivity contribution in [2.24, 2.45) is 0 Å². The molecule has 2 N–H and O–H groups in total. The predicted molar refractivity (Wildman–Crippen MR) is 120 cm³/mol. The van der Waals surface area contributed by atoms with Crippen LogP contribution >= 0.6 is 11.6 Å². The summed E-state index contributed by atoms with van der Waals surface area (Å²) >= 11 is 6.14. The number of anilines is 1. The number of hydrogen-bond donors (Lipinski definition) is 2. The van der Waals surface area contributed by atoms with Crippen molar-refractivity contribution in [2.45, 2.75) is 31.7 Å². The van der Waals surface area contributed by atoms with E-state index in [1.807, 2.05) is 31.2 Å². The van der Waals surface area contributed by atoms with Gasteiger partial charge in [-0.2, -0.15) is 4.31 Å². The molecule has 1 amide bonds. The van der Waals surface area contributed by atoms with Crippen molar-refractivity contribution >= 4 is 33.2 Å². The molecule has 7 nitrogen and oxygen atoms in total. The lowest BCUT2D eigenvalue weighted by atomic mass is 10.1. The summed E-state index contributed by atoms with van der Waals surface area (Å²) in [4.78, 5) is 12.4. The minimum absolute atomic E-state index is 0.0145. The molecule has 0 aliphatic heterocycles. The molecule has 164 valence electrons. The molecule has 9 heteroatoms. The van der Waals surface area contributed by atoms with E-state index < -0.39 is 10.0 Å². The molecule has 30 heavy (non-hydrogen) atoms. The molecule has 0 bridgehead atoms. The minimum atomic E-state index is -3.71. The lowest BCUT2D eigenvalue weighted by Crippen LogP contribution is -2.32. The zero-order chi connectivity index (χ0) is 22.3. The van der Waals surface area contributed by atoms with Gasteiger partial charge in [-0.3, -0.25) is 4.79 Å². The summed E-state index contributed by atoms with van der Waals surface area (Å²) in [6, 6.07) is 11.8. The highest BCUT2D eigenvalue weighted by Gasteiger charge is 2.24. The number of para-hydroxylation sites is 1. The van der Waals surface area contributed by atoms with Crippen LogP contribution in [0.1, 0.15) is 32.4 Å². The van der Waals surface area contributed by atoms with Crippen LogP contribution in [-0.4, -0.2) is 45.4 Å². The number of benzene rings is 2. The Kier molecular flexibility index (Phi) is 8.52. The van der Waals surface area contributed by atoms with E-state index >= 15 is 0 Å². The van der Waals surface area contributed by atoms with Crippen molar-refractivity contribution in [3.05, 3.63) is 53.1 Å². The number of hydrogen-bond acceptors (Lipinski definition) is 5. The van der Waals surface area contributed by atoms with Crippen LogP contribution in [0.3, 0.4) is 0 Å². The van der Waals surface area contributed by atoms with Crippen molar-refractivity contribution in [3.63, 3.8) is 0 Å². The first-order valence-electron chi connectivity index (χ1n) is 9.70. The number of methoxy groups -OCH3 is 1. The van der Waals surface area contributed by atoms with E-state index in [-0.39, 0.29) is 28.4 Å². The maximum Gasteiger partial charge on any atom is 0.244 e. The van der Waals surface area contributed by atoms with Gasteiger partial charge in [0.25, 0.3) is 0 Å². The summed E-state index contributed by atoms with van der Waals surface area (Å²) in [6.45, 7) is 6.07. The molecule has 0 aliphatic carbocycles. The van der Waals surface area contributed by atoms with E-state index in [2.05, 4.69) is 10.6 Å². The molecule has 0 heterocycles. The third-order valence-electron chi connectivity index (χ3n) is 4.69. The van der Waals surface area contributed by atoms with Crippen LogP contribution in [0.5, 0.6) is 5.75 Å². The van der Waals surface area contributed by atoms with Gasteiger partial charge in [-0.1, -0.05) is 43.6 Å². The maximum atomic E-state index is 12.8. The van der Waals surface area contributed by atoms with Crippen molar-refractivity contribution in [2.75, 3.05) is 32.1 Å². The highest BCUT2D eigenvalue weighted by Crippen LogP contribution is 2.28. The second-order valence-corrected chi connectivity index (χ2v) is 8.93. The smallest absolute Gasteiger partial charge is 0.244 e. The van der Waals surface area contributed by atoms with Gasteiger partial charge in [0.1, 0.15) is 10.6 Å². The number of nitrogens with one attached hydrogen (secondary N) is 2. The summed E-state index contributed by atoms with van der Waals surface area (Å²) in [7, 11) is -2.13. The fourth-order valence-electron chi connectivity index (χ4n) is 3.09. The van der Waals surface area contributed by atoms with Crippen molar-refractivity contribution < 1.29 is 17.9 Å². The Bertz CT molecular complexity index is 978. The second kappa shape index (κ2) is 10.7. The summed E-state index contributed by atoms with van der Waals surface area (Å²) in [5.74, 6) is 0.457. The summed E-state index contributed by atoms with van der Waals surface area (Å²) in [5.41, 5.74) is 1.36. The first kappa shape index (κ1) is 24.0. The standard InChI is InChI=1S/C21H28ClN3O4S/c1-5-25(6-2)30(27,28)20-13-16(11-12-18(20)22)23-14-21(26)24-15(3)17-9-7-8-10-19(17)29-4/h7-13,15,23H,5-6,14H2,1-4H3,(H,24,26). The van der Waals surface area contributed by atoms with Crippen LogP contribution < -0.4 is 15.4 Å². The molecule has 0 saturated heterocycles. The van der Waals surface area contributed by atoms with Gasteiger partial charge < -0.3 is 15.4 Å². The second-order valence-electron chi connectivity index (χ2n) is 6.62. The summed E-state index contributed by atoms with van der Waals surface area (Å²) in [6.07, 6.45) is 0. The SMILES string of the molecule is CCN(CC)S(=O)(=O)c1cc(NCC(=O)NC(C)c2ccccc2OC)ccc1Cl. The highest BCUT2D eigenvalue weighted by atomic mass is 35.5. The number of halogens is 1. The van der Waals surface area contributed by atoms with Gasteiger partial charge in [-0.15, -0.1) is 0 Å². The van der Waals surface area contributed by atoms with Crippen molar-refractivity contribution in [1.29, 1.82) is 0 Å². The average molecular weight is 454 g/mol. The van der Waals surface area contributed by atoms with E-state index in [9.17, 15) is 13.2 Å². The predicted octanol–water partition coefficient (Wildman–Crippen LogP) is 3.67. The van der Waals surface area contributed by atoms with E-state index in [1.54, 1.807) is 27.0 Å². The Morgan fingerprint density at radius 2 is 1.83 bits per heavy atom. The van der Waals surface area contributed by atoms with Gasteiger partial charge in [-0.05, 0) is 31.2 Å². The van der Waals surface area contributed by atoms with Crippen LogP contribution in [0.25, 0.3) is 0 Å². The Morgan fingerprint density at radius 1 is 1.17 bits per heavy atom. The first-order chi connectivity index (χ1) is 14.2. The fourth-order valence-corrected chi connectivity index (χ4v) is 5.05. The van der Waals surface area contributed by atoms with Gasteiger partial charge >= 0.3 is 0 Å². The molecule has 1 unspecified atom stereocenters. The van der Waals surface area contributed by atoms with Gasteiger partial charge in [0.2, 0.25) is 15.9 Å². The third-order valence-corrected chi connectivity index (χ3v) is 7.22. The topological polar surface area (TPSA) is 87.7 Å². The molecule has 0 aromatic heterocycles. The molecule has 2 rings (SSSR count). The van der Waals surface area contributed by atoms with Crippen LogP contribution in [0.4, 0.5) is 5.69 Å². The van der Waals surface area contributed by atoms with E-state index in [0.717, 1.165) is 5.56 Å². The number of carbonyl (C=O) groups is 1. The van der Waals surface area contributed by atoms with E-state index in [4.69, 9.17) is 16.3 Å². The summed E-state index contributed by atoms with van der Waals surface area (Å²) < 4.78 is 32.2. The Balaban J connectivity index is 2.08. The molecule has 0 radical (unpaired) electrons. The monoisotopic (exact) mass is 453 g/mol. The normalized spacial score (nSPS) is 12.5. The number of nitrogens with zero attached hydrogens (tertiary/aromatic N) is 1. The molecule has 2 aromatic carbocycles. The minimum Gasteiger partial charge on any atom is -0.496 e. The lowest BCUT2D eigenvalue weighted by molar-refractivity contribution is -0.120. The Morgan fingerprint density at radius 3 is 2.47 bits per heavy atom. The quantitative estimate of drug-likeness (QED) is 0.573. The van der Waals surface area contributed by atoms with Crippen LogP contribution in [0.15, 0.2) is 47.4 Å². The number of amides is 1. The largest absolute Gasteiger partial charge is 0.496 e. The Hall–Kier alpha value is -2.29.